The predicted molar refractivity (Wildman–Crippen MR) is 51.9 cm³/mol. The maximum Gasteiger partial charge on any atom is 0.235 e. The van der Waals surface area contributed by atoms with E-state index in [1.807, 2.05) is 0 Å². The van der Waals surface area contributed by atoms with E-state index < -0.39 is 17.2 Å². The van der Waals surface area contributed by atoms with Crippen LogP contribution in [0, 0.1) is 11.6 Å². The summed E-state index contributed by atoms with van der Waals surface area (Å²) in [5, 5.41) is 0. The van der Waals surface area contributed by atoms with Crippen molar-refractivity contribution < 1.29 is 18.3 Å². The van der Waals surface area contributed by atoms with Gasteiger partial charge in [-0.15, -0.1) is 0 Å². The van der Waals surface area contributed by atoms with Crippen molar-refractivity contribution >= 4 is 6.08 Å². The molecule has 0 N–H and O–H groups in total. The van der Waals surface area contributed by atoms with Crippen LogP contribution in [0.1, 0.15) is 18.4 Å². The van der Waals surface area contributed by atoms with Gasteiger partial charge in [-0.2, -0.15) is 4.99 Å². The summed E-state index contributed by atoms with van der Waals surface area (Å²) in [6.45, 7) is 0. The van der Waals surface area contributed by atoms with Crippen LogP contribution in [0.25, 0.3) is 0 Å². The molecule has 0 bridgehead atoms. The molecule has 1 aromatic rings. The lowest BCUT2D eigenvalue weighted by Gasteiger charge is -2.11. The number of ether oxygens (including phenoxy) is 1. The lowest BCUT2D eigenvalue weighted by molar-refractivity contribution is 0.381. The zero-order valence-corrected chi connectivity index (χ0v) is 8.59. The Balaban J connectivity index is 2.53. The molecule has 5 heteroatoms. The first-order chi connectivity index (χ1) is 7.63. The summed E-state index contributed by atoms with van der Waals surface area (Å²) in [5.41, 5.74) is -0.665. The minimum Gasteiger partial charge on any atom is -0.494 e. The second kappa shape index (κ2) is 3.68. The van der Waals surface area contributed by atoms with Gasteiger partial charge in [0.15, 0.2) is 11.6 Å². The van der Waals surface area contributed by atoms with Crippen LogP contribution in [0.5, 0.6) is 5.75 Å². The summed E-state index contributed by atoms with van der Waals surface area (Å²) in [5.74, 6) is -1.53. The molecular formula is C11H9F2NO2. The fourth-order valence-corrected chi connectivity index (χ4v) is 1.69. The number of carbonyl (C=O) groups excluding carboxylic acids is 1. The molecule has 84 valence electrons. The summed E-state index contributed by atoms with van der Waals surface area (Å²) in [6.07, 6.45) is 2.55. The number of rotatable bonds is 3. The zero-order valence-electron chi connectivity index (χ0n) is 8.59. The number of aliphatic imine (C=N–C) groups is 1. The highest BCUT2D eigenvalue weighted by Crippen LogP contribution is 2.50. The summed E-state index contributed by atoms with van der Waals surface area (Å²) < 4.78 is 31.5. The van der Waals surface area contributed by atoms with Gasteiger partial charge in [-0.3, -0.25) is 0 Å². The van der Waals surface area contributed by atoms with E-state index in [2.05, 4.69) is 4.99 Å². The first-order valence-electron chi connectivity index (χ1n) is 4.75. The zero-order chi connectivity index (χ0) is 11.8. The Morgan fingerprint density at radius 2 is 2.06 bits per heavy atom. The summed E-state index contributed by atoms with van der Waals surface area (Å²) in [4.78, 5) is 13.8. The largest absolute Gasteiger partial charge is 0.494 e. The Morgan fingerprint density at radius 1 is 1.38 bits per heavy atom. The van der Waals surface area contributed by atoms with Crippen LogP contribution >= 0.6 is 0 Å². The highest BCUT2D eigenvalue weighted by molar-refractivity contribution is 5.44. The quantitative estimate of drug-likeness (QED) is 0.584. The predicted octanol–water partition coefficient (Wildman–Crippen LogP) is 2.30. The van der Waals surface area contributed by atoms with E-state index in [1.165, 1.54) is 19.3 Å². The van der Waals surface area contributed by atoms with Gasteiger partial charge in [0.2, 0.25) is 6.08 Å². The number of nitrogens with zero attached hydrogens (tertiary/aromatic N) is 1. The first-order valence-corrected chi connectivity index (χ1v) is 4.75. The van der Waals surface area contributed by atoms with Crippen molar-refractivity contribution in [1.29, 1.82) is 0 Å². The average Bonchev–Trinajstić information content (AvgIpc) is 2.99. The van der Waals surface area contributed by atoms with Crippen LogP contribution in [0.2, 0.25) is 0 Å². The topological polar surface area (TPSA) is 38.7 Å². The Morgan fingerprint density at radius 3 is 2.56 bits per heavy atom. The van der Waals surface area contributed by atoms with Gasteiger partial charge in [-0.05, 0) is 18.9 Å². The number of isocyanates is 1. The number of halogens is 2. The van der Waals surface area contributed by atoms with Gasteiger partial charge in [-0.25, -0.2) is 13.6 Å². The minimum atomic E-state index is -0.854. The molecule has 0 aliphatic heterocycles. The van der Waals surface area contributed by atoms with E-state index in [9.17, 15) is 13.6 Å². The normalized spacial score (nSPS) is 16.4. The average molecular weight is 225 g/mol. The smallest absolute Gasteiger partial charge is 0.235 e. The number of benzene rings is 1. The van der Waals surface area contributed by atoms with Crippen molar-refractivity contribution in [1.82, 2.24) is 0 Å². The SMILES string of the molecule is COc1cc(C2(N=C=O)CC2)c(F)cc1F. The Kier molecular flexibility index (Phi) is 2.48. The highest BCUT2D eigenvalue weighted by Gasteiger charge is 2.47. The molecule has 0 heterocycles. The van der Waals surface area contributed by atoms with E-state index in [0.29, 0.717) is 12.8 Å². The second-order valence-electron chi connectivity index (χ2n) is 3.70. The van der Waals surface area contributed by atoms with Crippen LogP contribution < -0.4 is 4.74 Å². The number of hydrogen-bond donors (Lipinski definition) is 0. The molecule has 1 fully saturated rings. The van der Waals surface area contributed by atoms with Crippen molar-refractivity contribution in [2.24, 2.45) is 4.99 Å². The summed E-state index contributed by atoms with van der Waals surface area (Å²) in [6, 6.07) is 1.99. The van der Waals surface area contributed by atoms with Gasteiger partial charge in [0.05, 0.1) is 7.11 Å². The molecule has 0 aromatic heterocycles. The molecule has 0 spiro atoms. The van der Waals surface area contributed by atoms with Crippen LogP contribution in [-0.2, 0) is 10.3 Å². The molecular weight excluding hydrogens is 216 g/mol. The molecule has 1 aliphatic carbocycles. The third-order valence-corrected chi connectivity index (χ3v) is 2.73. The lowest BCUT2D eigenvalue weighted by atomic mass is 10.0. The van der Waals surface area contributed by atoms with Crippen molar-refractivity contribution in [2.45, 2.75) is 18.4 Å². The van der Waals surface area contributed by atoms with Crippen molar-refractivity contribution in [3.63, 3.8) is 0 Å². The molecule has 0 unspecified atom stereocenters. The van der Waals surface area contributed by atoms with Crippen LogP contribution in [0.4, 0.5) is 8.78 Å². The van der Waals surface area contributed by atoms with Gasteiger partial charge in [0, 0.05) is 11.6 Å². The second-order valence-corrected chi connectivity index (χ2v) is 3.70. The highest BCUT2D eigenvalue weighted by atomic mass is 19.1. The molecule has 1 saturated carbocycles. The maximum atomic E-state index is 13.5. The fourth-order valence-electron chi connectivity index (χ4n) is 1.69. The monoisotopic (exact) mass is 225 g/mol. The third kappa shape index (κ3) is 1.59. The van der Waals surface area contributed by atoms with Gasteiger partial charge in [0.25, 0.3) is 0 Å². The lowest BCUT2D eigenvalue weighted by Crippen LogP contribution is -2.07. The number of methoxy groups -OCH3 is 1. The van der Waals surface area contributed by atoms with Crippen LogP contribution in [-0.4, -0.2) is 13.2 Å². The summed E-state index contributed by atoms with van der Waals surface area (Å²) >= 11 is 0. The molecule has 0 amide bonds. The molecule has 0 atom stereocenters. The Hall–Kier alpha value is -1.74. The minimum absolute atomic E-state index is 0.0521. The van der Waals surface area contributed by atoms with E-state index in [-0.39, 0.29) is 11.3 Å². The molecule has 0 radical (unpaired) electrons. The van der Waals surface area contributed by atoms with E-state index in [4.69, 9.17) is 4.74 Å². The van der Waals surface area contributed by atoms with Crippen molar-refractivity contribution in [2.75, 3.05) is 7.11 Å². The maximum absolute atomic E-state index is 13.5. The molecule has 1 aliphatic rings. The fraction of sp³-hybridized carbons (Fsp3) is 0.364. The molecule has 1 aromatic carbocycles. The third-order valence-electron chi connectivity index (χ3n) is 2.73. The molecule has 3 nitrogen and oxygen atoms in total. The first kappa shape index (κ1) is 10.8. The van der Waals surface area contributed by atoms with E-state index in [0.717, 1.165) is 6.07 Å². The molecule has 16 heavy (non-hydrogen) atoms. The van der Waals surface area contributed by atoms with Crippen molar-refractivity contribution in [3.8, 4) is 5.75 Å². The molecule has 0 saturated heterocycles. The Labute approximate surface area is 90.8 Å². The van der Waals surface area contributed by atoms with E-state index >= 15 is 0 Å². The van der Waals surface area contributed by atoms with Gasteiger partial charge >= 0.3 is 0 Å². The summed E-state index contributed by atoms with van der Waals surface area (Å²) in [7, 11) is 1.29. The van der Waals surface area contributed by atoms with Crippen LogP contribution in [0.3, 0.4) is 0 Å². The van der Waals surface area contributed by atoms with Gasteiger partial charge < -0.3 is 4.74 Å². The van der Waals surface area contributed by atoms with Crippen LogP contribution in [0.15, 0.2) is 17.1 Å². The van der Waals surface area contributed by atoms with E-state index in [1.54, 1.807) is 0 Å². The standard InChI is InChI=1S/C11H9F2NO2/c1-16-10-4-7(8(12)5-9(10)13)11(2-3-11)14-6-15/h4-5H,2-3H2,1H3. The Bertz CT molecular complexity index is 477. The number of hydrogen-bond acceptors (Lipinski definition) is 3. The molecule has 2 rings (SSSR count). The van der Waals surface area contributed by atoms with Gasteiger partial charge in [-0.1, -0.05) is 0 Å². The van der Waals surface area contributed by atoms with Crippen molar-refractivity contribution in [3.05, 3.63) is 29.3 Å². The van der Waals surface area contributed by atoms with Gasteiger partial charge in [0.1, 0.15) is 11.4 Å².